The predicted octanol–water partition coefficient (Wildman–Crippen LogP) is 1.80. The molecule has 0 saturated carbocycles. The van der Waals surface area contributed by atoms with E-state index in [2.05, 4.69) is 21.7 Å². The quantitative estimate of drug-likeness (QED) is 0.899. The molecule has 0 spiro atoms. The fourth-order valence-electron chi connectivity index (χ4n) is 3.18. The Morgan fingerprint density at radius 2 is 2.50 bits per heavy atom. The summed E-state index contributed by atoms with van der Waals surface area (Å²) < 4.78 is 5.87. The molecule has 0 bridgehead atoms. The van der Waals surface area contributed by atoms with Gasteiger partial charge in [0.1, 0.15) is 0 Å². The van der Waals surface area contributed by atoms with Crippen LogP contribution in [0.5, 0.6) is 0 Å². The second-order valence-corrected chi connectivity index (χ2v) is 7.22. The van der Waals surface area contributed by atoms with Crippen LogP contribution in [-0.4, -0.2) is 67.8 Å². The number of hydrogen-bond acceptors (Lipinski definition) is 4. The molecule has 2 saturated heterocycles. The minimum absolute atomic E-state index is 0.0105. The second-order valence-electron chi connectivity index (χ2n) is 6.18. The number of nitrogens with one attached hydrogen (secondary N) is 1. The highest BCUT2D eigenvalue weighted by molar-refractivity contribution is 7.09. The molecular formula is C16H25N3O2S. The summed E-state index contributed by atoms with van der Waals surface area (Å²) in [5, 5.41) is 5.07. The van der Waals surface area contributed by atoms with Crippen LogP contribution in [0.25, 0.3) is 0 Å². The van der Waals surface area contributed by atoms with Gasteiger partial charge in [-0.3, -0.25) is 4.90 Å². The van der Waals surface area contributed by atoms with Gasteiger partial charge in [-0.05, 0) is 37.3 Å². The number of amides is 2. The summed E-state index contributed by atoms with van der Waals surface area (Å²) in [6.07, 6.45) is 3.57. The third kappa shape index (κ3) is 4.00. The van der Waals surface area contributed by atoms with E-state index in [1.165, 1.54) is 24.3 Å². The second kappa shape index (κ2) is 7.44. The smallest absolute Gasteiger partial charge is 0.317 e. The first kappa shape index (κ1) is 15.8. The monoisotopic (exact) mass is 323 g/mol. The highest BCUT2D eigenvalue weighted by Crippen LogP contribution is 2.22. The van der Waals surface area contributed by atoms with E-state index >= 15 is 0 Å². The number of rotatable bonds is 5. The van der Waals surface area contributed by atoms with E-state index in [9.17, 15) is 4.79 Å². The lowest BCUT2D eigenvalue weighted by molar-refractivity contribution is -0.0460. The maximum absolute atomic E-state index is 12.1. The fraction of sp³-hybridized carbons (Fsp3) is 0.688. The van der Waals surface area contributed by atoms with Crippen molar-refractivity contribution in [1.29, 1.82) is 0 Å². The Morgan fingerprint density at radius 3 is 3.32 bits per heavy atom. The molecule has 1 N–H and O–H groups in total. The van der Waals surface area contributed by atoms with Gasteiger partial charge >= 0.3 is 6.03 Å². The average molecular weight is 323 g/mol. The third-order valence-electron chi connectivity index (χ3n) is 4.56. The number of urea groups is 1. The van der Waals surface area contributed by atoms with E-state index in [1.807, 2.05) is 13.1 Å². The van der Waals surface area contributed by atoms with Crippen molar-refractivity contribution < 1.29 is 9.53 Å². The maximum atomic E-state index is 12.1. The summed E-state index contributed by atoms with van der Waals surface area (Å²) in [5.74, 6) is 0. The van der Waals surface area contributed by atoms with Crippen molar-refractivity contribution in [3.05, 3.63) is 22.4 Å². The molecule has 5 nitrogen and oxygen atoms in total. The summed E-state index contributed by atoms with van der Waals surface area (Å²) in [5.41, 5.74) is 0. The number of thiophene rings is 1. The van der Waals surface area contributed by atoms with Crippen molar-refractivity contribution in [3.8, 4) is 0 Å². The van der Waals surface area contributed by atoms with Crippen LogP contribution < -0.4 is 5.32 Å². The zero-order valence-electron chi connectivity index (χ0n) is 13.2. The van der Waals surface area contributed by atoms with Crippen LogP contribution >= 0.6 is 11.3 Å². The SMILES string of the molecule is CN(CCc1cccs1)C(=O)NC[C@@H]1CN2CCC[C@H]2CO1. The number of fused-ring (bicyclic) bond motifs is 1. The van der Waals surface area contributed by atoms with Gasteiger partial charge < -0.3 is 15.0 Å². The number of carbonyl (C=O) groups is 1. The first-order valence-corrected chi connectivity index (χ1v) is 8.97. The highest BCUT2D eigenvalue weighted by atomic mass is 32.1. The highest BCUT2D eigenvalue weighted by Gasteiger charge is 2.32. The summed E-state index contributed by atoms with van der Waals surface area (Å²) in [7, 11) is 1.85. The molecule has 3 rings (SSSR count). The van der Waals surface area contributed by atoms with E-state index in [1.54, 1.807) is 16.2 Å². The number of nitrogens with zero attached hydrogens (tertiary/aromatic N) is 2. The molecule has 3 heterocycles. The lowest BCUT2D eigenvalue weighted by atomic mass is 10.2. The molecule has 2 aliphatic heterocycles. The van der Waals surface area contributed by atoms with Crippen LogP contribution in [0.2, 0.25) is 0 Å². The van der Waals surface area contributed by atoms with Crippen LogP contribution in [0.1, 0.15) is 17.7 Å². The number of likely N-dealkylation sites (N-methyl/N-ethyl adjacent to an activating group) is 1. The summed E-state index contributed by atoms with van der Waals surface area (Å²) in [6, 6.07) is 4.76. The molecule has 1 aromatic rings. The van der Waals surface area contributed by atoms with Crippen LogP contribution in [0.4, 0.5) is 4.79 Å². The lowest BCUT2D eigenvalue weighted by Crippen LogP contribution is -2.51. The van der Waals surface area contributed by atoms with Gasteiger partial charge in [0.05, 0.1) is 12.7 Å². The number of morpholine rings is 1. The molecule has 0 unspecified atom stereocenters. The van der Waals surface area contributed by atoms with Gasteiger partial charge in [0, 0.05) is 37.6 Å². The van der Waals surface area contributed by atoms with Crippen molar-refractivity contribution in [2.24, 2.45) is 0 Å². The normalized spacial score (nSPS) is 25.0. The lowest BCUT2D eigenvalue weighted by Gasteiger charge is -2.35. The van der Waals surface area contributed by atoms with Crippen LogP contribution in [-0.2, 0) is 11.2 Å². The minimum Gasteiger partial charge on any atom is -0.373 e. The average Bonchev–Trinajstić information content (AvgIpc) is 3.20. The Kier molecular flexibility index (Phi) is 5.33. The Balaban J connectivity index is 1.36. The standard InChI is InChI=1S/C16H25N3O2S/c1-18(8-6-15-5-3-9-22-15)16(20)17-10-14-11-19-7-2-4-13(19)12-21-14/h3,5,9,13-14H,2,4,6-8,10-12H2,1H3,(H,17,20)/t13-,14+/m0/s1. The van der Waals surface area contributed by atoms with Crippen LogP contribution in [0.15, 0.2) is 17.5 Å². The van der Waals surface area contributed by atoms with E-state index < -0.39 is 0 Å². The topological polar surface area (TPSA) is 44.8 Å². The molecule has 122 valence electrons. The summed E-state index contributed by atoms with van der Waals surface area (Å²) in [6.45, 7) is 4.29. The Bertz CT molecular complexity index is 480. The van der Waals surface area contributed by atoms with Crippen molar-refractivity contribution >= 4 is 17.4 Å². The molecular weight excluding hydrogens is 298 g/mol. The van der Waals surface area contributed by atoms with Crippen molar-refractivity contribution in [1.82, 2.24) is 15.1 Å². The molecule has 2 atom stereocenters. The molecule has 2 aliphatic rings. The number of ether oxygens (including phenoxy) is 1. The van der Waals surface area contributed by atoms with E-state index in [0.717, 1.165) is 26.1 Å². The zero-order valence-corrected chi connectivity index (χ0v) is 14.0. The molecule has 0 radical (unpaired) electrons. The van der Waals surface area contributed by atoms with Gasteiger partial charge in [-0.15, -0.1) is 11.3 Å². The number of carbonyl (C=O) groups excluding carboxylic acids is 1. The van der Waals surface area contributed by atoms with Gasteiger partial charge in [0.25, 0.3) is 0 Å². The van der Waals surface area contributed by atoms with Gasteiger partial charge in [0.2, 0.25) is 0 Å². The minimum atomic E-state index is -0.0105. The Hall–Kier alpha value is -1.11. The first-order chi connectivity index (χ1) is 10.7. The molecule has 0 aliphatic carbocycles. The predicted molar refractivity (Wildman–Crippen MR) is 88.4 cm³/mol. The molecule has 1 aromatic heterocycles. The van der Waals surface area contributed by atoms with E-state index in [4.69, 9.17) is 4.74 Å². The zero-order chi connectivity index (χ0) is 15.4. The Morgan fingerprint density at radius 1 is 1.59 bits per heavy atom. The van der Waals surface area contributed by atoms with Crippen molar-refractivity contribution in [2.45, 2.75) is 31.4 Å². The third-order valence-corrected chi connectivity index (χ3v) is 5.50. The largest absolute Gasteiger partial charge is 0.373 e. The van der Waals surface area contributed by atoms with Crippen LogP contribution in [0.3, 0.4) is 0 Å². The first-order valence-electron chi connectivity index (χ1n) is 8.09. The Labute approximate surface area is 136 Å². The van der Waals surface area contributed by atoms with Gasteiger partial charge in [0.15, 0.2) is 0 Å². The van der Waals surface area contributed by atoms with Crippen molar-refractivity contribution in [3.63, 3.8) is 0 Å². The summed E-state index contributed by atoms with van der Waals surface area (Å²) >= 11 is 1.74. The van der Waals surface area contributed by atoms with Gasteiger partial charge in [-0.25, -0.2) is 4.79 Å². The van der Waals surface area contributed by atoms with Crippen LogP contribution in [0, 0.1) is 0 Å². The molecule has 6 heteroatoms. The molecule has 2 amide bonds. The van der Waals surface area contributed by atoms with E-state index in [0.29, 0.717) is 12.6 Å². The fourth-order valence-corrected chi connectivity index (χ4v) is 3.88. The molecule has 2 fully saturated rings. The van der Waals surface area contributed by atoms with E-state index in [-0.39, 0.29) is 12.1 Å². The number of hydrogen-bond donors (Lipinski definition) is 1. The summed E-state index contributed by atoms with van der Waals surface area (Å²) in [4.78, 5) is 17.7. The molecule has 0 aromatic carbocycles. The molecule has 22 heavy (non-hydrogen) atoms. The maximum Gasteiger partial charge on any atom is 0.317 e. The van der Waals surface area contributed by atoms with Gasteiger partial charge in [-0.2, -0.15) is 0 Å². The van der Waals surface area contributed by atoms with Crippen molar-refractivity contribution in [2.75, 3.05) is 39.8 Å². The van der Waals surface area contributed by atoms with Gasteiger partial charge in [-0.1, -0.05) is 6.07 Å².